The van der Waals surface area contributed by atoms with Crippen LogP contribution in [0.2, 0.25) is 0 Å². The van der Waals surface area contributed by atoms with Crippen LogP contribution < -0.4 is 15.1 Å². The van der Waals surface area contributed by atoms with Crippen LogP contribution in [0, 0.1) is 5.82 Å². The maximum absolute atomic E-state index is 13.3. The number of benzene rings is 1. The average molecular weight is 350 g/mol. The Bertz CT molecular complexity index is 865. The fourth-order valence-electron chi connectivity index (χ4n) is 2.99. The molecule has 26 heavy (non-hydrogen) atoms. The molecule has 0 amide bonds. The summed E-state index contributed by atoms with van der Waals surface area (Å²) in [6, 6.07) is 14.1. The summed E-state index contributed by atoms with van der Waals surface area (Å²) in [6.07, 6.45) is 3.53. The van der Waals surface area contributed by atoms with E-state index in [1.165, 1.54) is 12.1 Å². The minimum absolute atomic E-state index is 0.295. The molecule has 0 unspecified atom stereocenters. The largest absolute Gasteiger partial charge is 0.353 e. The number of aromatic nitrogens is 3. The predicted molar refractivity (Wildman–Crippen MR) is 100 cm³/mol. The third-order valence-electron chi connectivity index (χ3n) is 4.30. The Morgan fingerprint density at radius 1 is 0.808 bits per heavy atom. The standard InChI is InChI=1S/C19H19FN6/c20-15-4-3-5-16(14-15)23-19-22-9-7-18(24-19)26-12-10-25(11-13-26)17-6-1-2-8-21-17/h1-9,14H,10-13H2,(H,22,23,24). The second-order valence-electron chi connectivity index (χ2n) is 6.04. The van der Waals surface area contributed by atoms with Gasteiger partial charge >= 0.3 is 0 Å². The molecule has 1 aliphatic rings. The molecule has 0 bridgehead atoms. The van der Waals surface area contributed by atoms with Crippen molar-refractivity contribution in [2.75, 3.05) is 41.3 Å². The van der Waals surface area contributed by atoms with Gasteiger partial charge in [-0.25, -0.2) is 14.4 Å². The fraction of sp³-hybridized carbons (Fsp3) is 0.211. The number of nitrogens with one attached hydrogen (secondary N) is 1. The fourth-order valence-corrected chi connectivity index (χ4v) is 2.99. The SMILES string of the molecule is Fc1cccc(Nc2nccc(N3CCN(c4ccccn4)CC3)n2)c1. The molecule has 0 saturated carbocycles. The first-order valence-electron chi connectivity index (χ1n) is 8.54. The lowest BCUT2D eigenvalue weighted by Crippen LogP contribution is -2.47. The summed E-state index contributed by atoms with van der Waals surface area (Å²) < 4.78 is 13.3. The monoisotopic (exact) mass is 350 g/mol. The van der Waals surface area contributed by atoms with Crippen molar-refractivity contribution in [3.05, 3.63) is 66.7 Å². The number of hydrogen-bond donors (Lipinski definition) is 1. The summed E-state index contributed by atoms with van der Waals surface area (Å²) in [5.74, 6) is 2.03. The summed E-state index contributed by atoms with van der Waals surface area (Å²) in [5, 5.41) is 3.05. The van der Waals surface area contributed by atoms with Gasteiger partial charge in [0.1, 0.15) is 17.5 Å². The van der Waals surface area contributed by atoms with Gasteiger partial charge in [-0.05, 0) is 36.4 Å². The molecule has 1 aromatic carbocycles. The minimum atomic E-state index is -0.295. The molecule has 0 radical (unpaired) electrons. The van der Waals surface area contributed by atoms with Gasteiger partial charge in [-0.15, -0.1) is 0 Å². The molecule has 7 heteroatoms. The number of piperazine rings is 1. The Labute approximate surface area is 151 Å². The highest BCUT2D eigenvalue weighted by atomic mass is 19.1. The van der Waals surface area contributed by atoms with Crippen molar-refractivity contribution in [2.24, 2.45) is 0 Å². The van der Waals surface area contributed by atoms with Gasteiger partial charge in [0.25, 0.3) is 0 Å². The molecule has 1 saturated heterocycles. The van der Waals surface area contributed by atoms with Gasteiger partial charge in [0.2, 0.25) is 5.95 Å². The molecule has 4 rings (SSSR count). The van der Waals surface area contributed by atoms with Crippen molar-refractivity contribution >= 4 is 23.3 Å². The molecule has 3 aromatic rings. The van der Waals surface area contributed by atoms with Crippen LogP contribution in [0.3, 0.4) is 0 Å². The van der Waals surface area contributed by atoms with Gasteiger partial charge < -0.3 is 15.1 Å². The molecule has 2 aromatic heterocycles. The van der Waals surface area contributed by atoms with Crippen LogP contribution in [0.1, 0.15) is 0 Å². The lowest BCUT2D eigenvalue weighted by atomic mass is 10.3. The molecular weight excluding hydrogens is 331 g/mol. The number of anilines is 4. The highest BCUT2D eigenvalue weighted by molar-refractivity contribution is 5.55. The summed E-state index contributed by atoms with van der Waals surface area (Å²) >= 11 is 0. The van der Waals surface area contributed by atoms with E-state index >= 15 is 0 Å². The Kier molecular flexibility index (Phi) is 4.59. The second kappa shape index (κ2) is 7.35. The number of hydrogen-bond acceptors (Lipinski definition) is 6. The summed E-state index contributed by atoms with van der Waals surface area (Å²) in [5.41, 5.74) is 0.627. The third kappa shape index (κ3) is 3.72. The number of pyridine rings is 1. The van der Waals surface area contributed by atoms with Crippen molar-refractivity contribution in [1.29, 1.82) is 0 Å². The third-order valence-corrected chi connectivity index (χ3v) is 4.30. The van der Waals surface area contributed by atoms with E-state index < -0.39 is 0 Å². The van der Waals surface area contributed by atoms with E-state index in [4.69, 9.17) is 0 Å². The van der Waals surface area contributed by atoms with Crippen molar-refractivity contribution in [2.45, 2.75) is 0 Å². The molecule has 1 N–H and O–H groups in total. The first-order valence-corrected chi connectivity index (χ1v) is 8.54. The lowest BCUT2D eigenvalue weighted by molar-refractivity contribution is 0.628. The van der Waals surface area contributed by atoms with E-state index in [0.717, 1.165) is 37.8 Å². The van der Waals surface area contributed by atoms with Gasteiger partial charge in [0.15, 0.2) is 0 Å². The van der Waals surface area contributed by atoms with Gasteiger partial charge in [0.05, 0.1) is 0 Å². The summed E-state index contributed by atoms with van der Waals surface area (Å²) in [6.45, 7) is 3.47. The maximum atomic E-state index is 13.3. The van der Waals surface area contributed by atoms with Crippen molar-refractivity contribution < 1.29 is 4.39 Å². The Morgan fingerprint density at radius 3 is 2.35 bits per heavy atom. The van der Waals surface area contributed by atoms with Gasteiger partial charge in [0, 0.05) is 44.3 Å². The van der Waals surface area contributed by atoms with Crippen LogP contribution in [-0.4, -0.2) is 41.1 Å². The number of nitrogens with zero attached hydrogens (tertiary/aromatic N) is 5. The minimum Gasteiger partial charge on any atom is -0.353 e. The molecular formula is C19H19FN6. The van der Waals surface area contributed by atoms with Crippen molar-refractivity contribution in [1.82, 2.24) is 15.0 Å². The summed E-state index contributed by atoms with van der Waals surface area (Å²) in [7, 11) is 0. The molecule has 132 valence electrons. The van der Waals surface area contributed by atoms with E-state index in [0.29, 0.717) is 11.6 Å². The Morgan fingerprint density at radius 2 is 1.62 bits per heavy atom. The molecule has 3 heterocycles. The topological polar surface area (TPSA) is 57.2 Å². The molecule has 0 spiro atoms. The van der Waals surface area contributed by atoms with Crippen molar-refractivity contribution in [3.8, 4) is 0 Å². The average Bonchev–Trinajstić information content (AvgIpc) is 2.69. The first-order chi connectivity index (χ1) is 12.8. The van der Waals surface area contributed by atoms with Crippen LogP contribution in [0.15, 0.2) is 60.9 Å². The Balaban J connectivity index is 1.43. The van der Waals surface area contributed by atoms with E-state index in [9.17, 15) is 4.39 Å². The zero-order chi connectivity index (χ0) is 17.8. The molecule has 0 atom stereocenters. The Hall–Kier alpha value is -3.22. The highest BCUT2D eigenvalue weighted by Crippen LogP contribution is 2.20. The molecule has 1 aliphatic heterocycles. The number of rotatable bonds is 4. The second-order valence-corrected chi connectivity index (χ2v) is 6.04. The number of halogens is 1. The molecule has 0 aliphatic carbocycles. The smallest absolute Gasteiger partial charge is 0.229 e. The van der Waals surface area contributed by atoms with Gasteiger partial charge in [-0.1, -0.05) is 12.1 Å². The highest BCUT2D eigenvalue weighted by Gasteiger charge is 2.19. The van der Waals surface area contributed by atoms with E-state index in [-0.39, 0.29) is 5.82 Å². The molecule has 6 nitrogen and oxygen atoms in total. The molecule has 1 fully saturated rings. The lowest BCUT2D eigenvalue weighted by Gasteiger charge is -2.36. The van der Waals surface area contributed by atoms with Gasteiger partial charge in [-0.3, -0.25) is 0 Å². The summed E-state index contributed by atoms with van der Waals surface area (Å²) in [4.78, 5) is 17.7. The van der Waals surface area contributed by atoms with Crippen LogP contribution in [0.5, 0.6) is 0 Å². The van der Waals surface area contributed by atoms with Crippen LogP contribution in [-0.2, 0) is 0 Å². The first kappa shape index (κ1) is 16.3. The normalized spacial score (nSPS) is 14.3. The van der Waals surface area contributed by atoms with Gasteiger partial charge in [-0.2, -0.15) is 4.98 Å². The maximum Gasteiger partial charge on any atom is 0.229 e. The van der Waals surface area contributed by atoms with E-state index in [1.807, 2.05) is 30.5 Å². The van der Waals surface area contributed by atoms with Crippen LogP contribution >= 0.6 is 0 Å². The van der Waals surface area contributed by atoms with Crippen LogP contribution in [0.4, 0.5) is 27.7 Å². The van der Waals surface area contributed by atoms with E-state index in [2.05, 4.69) is 30.1 Å². The predicted octanol–water partition coefficient (Wildman–Crippen LogP) is 3.08. The van der Waals surface area contributed by atoms with E-state index in [1.54, 1.807) is 18.3 Å². The zero-order valence-electron chi connectivity index (χ0n) is 14.2. The van der Waals surface area contributed by atoms with Crippen LogP contribution in [0.25, 0.3) is 0 Å². The zero-order valence-corrected chi connectivity index (χ0v) is 14.2. The quantitative estimate of drug-likeness (QED) is 0.780. The van der Waals surface area contributed by atoms with Crippen molar-refractivity contribution in [3.63, 3.8) is 0 Å².